The maximum absolute atomic E-state index is 12.0. The number of aromatic nitrogens is 1. The number of carbonyl (C=O) groups is 1. The van der Waals surface area contributed by atoms with Crippen LogP contribution in [0.3, 0.4) is 0 Å². The van der Waals surface area contributed by atoms with Crippen molar-refractivity contribution in [2.75, 3.05) is 0 Å². The van der Waals surface area contributed by atoms with E-state index < -0.39 is 0 Å². The highest BCUT2D eigenvalue weighted by atomic mass is 16.5. The molecule has 5 nitrogen and oxygen atoms in total. The van der Waals surface area contributed by atoms with Gasteiger partial charge in [0.1, 0.15) is 12.3 Å². The molecule has 4 rings (SSSR count). The van der Waals surface area contributed by atoms with Gasteiger partial charge in [-0.1, -0.05) is 11.6 Å². The van der Waals surface area contributed by atoms with Crippen molar-refractivity contribution in [1.29, 1.82) is 0 Å². The van der Waals surface area contributed by atoms with Crippen molar-refractivity contribution in [3.63, 3.8) is 0 Å². The number of carbonyl (C=O) groups excluding carboxylic acids is 1. The predicted molar refractivity (Wildman–Crippen MR) is 77.6 cm³/mol. The van der Waals surface area contributed by atoms with E-state index in [0.29, 0.717) is 29.6 Å². The Balaban J connectivity index is 1.28. The van der Waals surface area contributed by atoms with Gasteiger partial charge < -0.3 is 13.7 Å². The van der Waals surface area contributed by atoms with E-state index >= 15 is 0 Å². The number of hydrogen-bond acceptors (Lipinski definition) is 5. The quantitative estimate of drug-likeness (QED) is 0.786. The summed E-state index contributed by atoms with van der Waals surface area (Å²) in [5, 5.41) is 3.90. The number of esters is 1. The van der Waals surface area contributed by atoms with Gasteiger partial charge in [-0.15, -0.1) is 0 Å². The molecule has 22 heavy (non-hydrogen) atoms. The fourth-order valence-electron chi connectivity index (χ4n) is 3.97. The lowest BCUT2D eigenvalue weighted by molar-refractivity contribution is -0.146. The largest absolute Gasteiger partial charge is 0.461 e. The Hall–Kier alpha value is -2.04. The maximum Gasteiger partial charge on any atom is 0.306 e. The monoisotopic (exact) mass is 301 g/mol. The summed E-state index contributed by atoms with van der Waals surface area (Å²) in [6, 6.07) is 5.32. The van der Waals surface area contributed by atoms with Gasteiger partial charge >= 0.3 is 5.97 Å². The lowest BCUT2D eigenvalue weighted by atomic mass is 9.86. The van der Waals surface area contributed by atoms with E-state index in [2.05, 4.69) is 5.16 Å². The van der Waals surface area contributed by atoms with Crippen molar-refractivity contribution in [2.45, 2.75) is 38.7 Å². The summed E-state index contributed by atoms with van der Waals surface area (Å²) < 4.78 is 15.8. The topological polar surface area (TPSA) is 65.5 Å². The minimum atomic E-state index is -0.125. The second-order valence-corrected chi connectivity index (χ2v) is 6.46. The molecule has 2 aromatic rings. The first-order chi connectivity index (χ1) is 10.8. The van der Waals surface area contributed by atoms with Crippen molar-refractivity contribution < 1.29 is 18.5 Å². The Morgan fingerprint density at radius 1 is 1.32 bits per heavy atom. The summed E-state index contributed by atoms with van der Waals surface area (Å²) in [4.78, 5) is 12.0. The molecule has 2 aromatic heterocycles. The first-order valence-electron chi connectivity index (χ1n) is 7.93. The summed E-state index contributed by atoms with van der Waals surface area (Å²) in [6.45, 7) is 0.157. The van der Waals surface area contributed by atoms with Crippen molar-refractivity contribution >= 4 is 5.97 Å². The molecule has 0 saturated heterocycles. The first kappa shape index (κ1) is 13.6. The molecule has 3 atom stereocenters. The number of furan rings is 1. The molecule has 5 heteroatoms. The van der Waals surface area contributed by atoms with Crippen LogP contribution in [0.4, 0.5) is 0 Å². The smallest absolute Gasteiger partial charge is 0.306 e. The van der Waals surface area contributed by atoms with Gasteiger partial charge in [-0.05, 0) is 49.1 Å². The van der Waals surface area contributed by atoms with Crippen molar-refractivity contribution in [2.24, 2.45) is 17.8 Å². The molecule has 116 valence electrons. The lowest BCUT2D eigenvalue weighted by Gasteiger charge is -2.20. The molecule has 2 aliphatic rings. The average Bonchev–Trinajstić information content (AvgIpc) is 3.27. The molecule has 0 amide bonds. The van der Waals surface area contributed by atoms with Crippen LogP contribution in [-0.4, -0.2) is 11.1 Å². The van der Waals surface area contributed by atoms with Crippen LogP contribution in [0.5, 0.6) is 0 Å². The van der Waals surface area contributed by atoms with Gasteiger partial charge in [-0.25, -0.2) is 0 Å². The van der Waals surface area contributed by atoms with Gasteiger partial charge in [0.25, 0.3) is 0 Å². The van der Waals surface area contributed by atoms with E-state index in [1.165, 1.54) is 25.7 Å². The molecule has 2 bridgehead atoms. The van der Waals surface area contributed by atoms with Crippen LogP contribution in [-0.2, 0) is 16.1 Å². The van der Waals surface area contributed by atoms with Crippen molar-refractivity contribution in [3.05, 3.63) is 30.2 Å². The summed E-state index contributed by atoms with van der Waals surface area (Å²) in [5.74, 6) is 3.17. The van der Waals surface area contributed by atoms with Gasteiger partial charge in [0.2, 0.25) is 5.76 Å². The third-order valence-corrected chi connectivity index (χ3v) is 5.02. The standard InChI is InChI=1S/C17H19NO4/c19-17(8-13-7-11-3-4-12(13)6-11)21-10-14-9-16(22-18-14)15-2-1-5-20-15/h1-2,5,9,11-13H,3-4,6-8,10H2/t11-,12-,13-/m0/s1. The van der Waals surface area contributed by atoms with Crippen molar-refractivity contribution in [3.8, 4) is 11.5 Å². The van der Waals surface area contributed by atoms with E-state index in [9.17, 15) is 4.79 Å². The minimum Gasteiger partial charge on any atom is -0.461 e. The van der Waals surface area contributed by atoms with Crippen LogP contribution in [0.15, 0.2) is 33.4 Å². The van der Waals surface area contributed by atoms with Crippen LogP contribution < -0.4 is 0 Å². The number of rotatable bonds is 5. The van der Waals surface area contributed by atoms with Crippen LogP contribution >= 0.6 is 0 Å². The van der Waals surface area contributed by atoms with E-state index in [0.717, 1.165) is 11.8 Å². The zero-order valence-electron chi connectivity index (χ0n) is 12.4. The molecule has 2 heterocycles. The Morgan fingerprint density at radius 2 is 2.27 bits per heavy atom. The fourth-order valence-corrected chi connectivity index (χ4v) is 3.97. The molecule has 2 aliphatic carbocycles. The zero-order valence-corrected chi connectivity index (χ0v) is 12.4. The molecular weight excluding hydrogens is 282 g/mol. The number of hydrogen-bond donors (Lipinski definition) is 0. The third kappa shape index (κ3) is 2.67. The molecule has 0 aromatic carbocycles. The van der Waals surface area contributed by atoms with Gasteiger partial charge in [-0.3, -0.25) is 4.79 Å². The van der Waals surface area contributed by atoms with Crippen LogP contribution in [0.2, 0.25) is 0 Å². The zero-order chi connectivity index (χ0) is 14.9. The molecular formula is C17H19NO4. The van der Waals surface area contributed by atoms with E-state index in [1.54, 1.807) is 24.5 Å². The summed E-state index contributed by atoms with van der Waals surface area (Å²) in [5.41, 5.74) is 0.604. The highest BCUT2D eigenvalue weighted by Gasteiger charge is 2.40. The summed E-state index contributed by atoms with van der Waals surface area (Å²) >= 11 is 0. The molecule has 0 aliphatic heterocycles. The van der Waals surface area contributed by atoms with Gasteiger partial charge in [0.15, 0.2) is 5.76 Å². The molecule has 0 N–H and O–H groups in total. The van der Waals surface area contributed by atoms with E-state index in [4.69, 9.17) is 13.7 Å². The SMILES string of the molecule is O=C(C[C@@H]1C[C@H]2CC[C@H]1C2)OCc1cc(-c2ccco2)on1. The molecule has 0 spiro atoms. The minimum absolute atomic E-state index is 0.125. The second-order valence-electron chi connectivity index (χ2n) is 6.46. The van der Waals surface area contributed by atoms with E-state index in [-0.39, 0.29) is 12.6 Å². The molecule has 0 radical (unpaired) electrons. The third-order valence-electron chi connectivity index (χ3n) is 5.02. The Bertz CT molecular complexity index is 645. The lowest BCUT2D eigenvalue weighted by Crippen LogP contribution is -2.16. The van der Waals surface area contributed by atoms with Gasteiger partial charge in [0.05, 0.1) is 6.26 Å². The highest BCUT2D eigenvalue weighted by Crippen LogP contribution is 2.49. The molecule has 2 saturated carbocycles. The molecule has 2 fully saturated rings. The fraction of sp³-hybridized carbons (Fsp3) is 0.529. The second kappa shape index (κ2) is 5.63. The van der Waals surface area contributed by atoms with E-state index in [1.807, 2.05) is 0 Å². The predicted octanol–water partition coefficient (Wildman–Crippen LogP) is 3.80. The van der Waals surface area contributed by atoms with Crippen LogP contribution in [0.1, 0.15) is 37.8 Å². The van der Waals surface area contributed by atoms with Gasteiger partial charge in [0, 0.05) is 12.5 Å². The van der Waals surface area contributed by atoms with Crippen LogP contribution in [0, 0.1) is 17.8 Å². The summed E-state index contributed by atoms with van der Waals surface area (Å²) in [7, 11) is 0. The number of fused-ring (bicyclic) bond motifs is 2. The van der Waals surface area contributed by atoms with Crippen molar-refractivity contribution in [1.82, 2.24) is 5.16 Å². The average molecular weight is 301 g/mol. The Labute approximate surface area is 128 Å². The summed E-state index contributed by atoms with van der Waals surface area (Å²) in [6.07, 6.45) is 7.28. The Morgan fingerprint density at radius 3 is 3.00 bits per heavy atom. The van der Waals surface area contributed by atoms with Crippen LogP contribution in [0.25, 0.3) is 11.5 Å². The normalized spacial score (nSPS) is 26.5. The Kier molecular flexibility index (Phi) is 3.48. The molecule has 0 unspecified atom stereocenters. The maximum atomic E-state index is 12.0. The van der Waals surface area contributed by atoms with Gasteiger partial charge in [-0.2, -0.15) is 0 Å². The number of ether oxygens (including phenoxy) is 1. The first-order valence-corrected chi connectivity index (χ1v) is 7.93. The highest BCUT2D eigenvalue weighted by molar-refractivity contribution is 5.69. The number of nitrogens with zero attached hydrogens (tertiary/aromatic N) is 1.